The molecule has 2 aromatic heterocycles. The number of rotatable bonds is 6. The quantitative estimate of drug-likeness (QED) is 0.754. The van der Waals surface area contributed by atoms with Gasteiger partial charge >= 0.3 is 0 Å². The molecule has 0 radical (unpaired) electrons. The van der Waals surface area contributed by atoms with Crippen LogP contribution in [0.15, 0.2) is 12.1 Å². The number of nitrogens with zero attached hydrogens (tertiary/aromatic N) is 3. The number of aromatic nitrogens is 3. The lowest BCUT2D eigenvalue weighted by Crippen LogP contribution is -2.23. The molecule has 0 spiro atoms. The van der Waals surface area contributed by atoms with Crippen LogP contribution in [0.1, 0.15) is 33.5 Å². The molecule has 116 valence electrons. The first-order chi connectivity index (χ1) is 9.97. The molecular weight excluding hydrogens is 286 g/mol. The van der Waals surface area contributed by atoms with E-state index in [1.54, 1.807) is 7.11 Å². The van der Waals surface area contributed by atoms with Crippen LogP contribution in [0.3, 0.4) is 0 Å². The third kappa shape index (κ3) is 3.31. The molecule has 0 N–H and O–H groups in total. The van der Waals surface area contributed by atoms with Gasteiger partial charge in [0.25, 0.3) is 0 Å². The predicted molar refractivity (Wildman–Crippen MR) is 86.8 cm³/mol. The molecule has 21 heavy (non-hydrogen) atoms. The number of ether oxygens (including phenoxy) is 1. The smallest absolute Gasteiger partial charge is 0.215 e. The molecule has 2 heterocycles. The van der Waals surface area contributed by atoms with E-state index in [1.807, 2.05) is 12.1 Å². The summed E-state index contributed by atoms with van der Waals surface area (Å²) in [4.78, 5) is 9.14. The molecule has 0 fully saturated rings. The molecule has 2 rings (SSSR count). The molecule has 0 saturated carbocycles. The summed E-state index contributed by atoms with van der Waals surface area (Å²) in [5.41, 5.74) is 1.73. The maximum Gasteiger partial charge on any atom is 0.215 e. The average molecular weight is 310 g/mol. The van der Waals surface area contributed by atoms with E-state index in [4.69, 9.17) is 16.3 Å². The van der Waals surface area contributed by atoms with Crippen LogP contribution >= 0.6 is 11.6 Å². The van der Waals surface area contributed by atoms with Crippen molar-refractivity contribution in [1.82, 2.24) is 14.5 Å². The Hall–Kier alpha value is -1.29. The van der Waals surface area contributed by atoms with Crippen molar-refractivity contribution in [2.75, 3.05) is 7.11 Å². The van der Waals surface area contributed by atoms with Crippen molar-refractivity contribution in [2.24, 2.45) is 17.8 Å². The molecule has 0 bridgehead atoms. The summed E-state index contributed by atoms with van der Waals surface area (Å²) in [7, 11) is 1.63. The van der Waals surface area contributed by atoms with Gasteiger partial charge in [0.05, 0.1) is 13.0 Å². The largest absolute Gasteiger partial charge is 0.481 e. The fourth-order valence-electron chi connectivity index (χ4n) is 2.84. The van der Waals surface area contributed by atoms with Crippen LogP contribution in [0, 0.1) is 17.8 Å². The van der Waals surface area contributed by atoms with Crippen LogP contribution in [-0.2, 0) is 12.4 Å². The Labute approximate surface area is 131 Å². The second-order valence-corrected chi connectivity index (χ2v) is 6.39. The normalized spacial score (nSPS) is 12.0. The van der Waals surface area contributed by atoms with Gasteiger partial charge in [-0.25, -0.2) is 4.98 Å². The monoisotopic (exact) mass is 309 g/mol. The number of hydrogen-bond donors (Lipinski definition) is 0. The van der Waals surface area contributed by atoms with E-state index in [-0.39, 0.29) is 0 Å². The predicted octanol–water partition coefficient (Wildman–Crippen LogP) is 4.11. The van der Waals surface area contributed by atoms with Crippen LogP contribution in [0.4, 0.5) is 0 Å². The highest BCUT2D eigenvalue weighted by Gasteiger charge is 2.21. The van der Waals surface area contributed by atoms with Crippen molar-refractivity contribution < 1.29 is 4.74 Å². The zero-order chi connectivity index (χ0) is 15.6. The number of methoxy groups -OCH3 is 1. The van der Waals surface area contributed by atoms with Gasteiger partial charge in [-0.15, -0.1) is 11.6 Å². The van der Waals surface area contributed by atoms with Crippen LogP contribution in [0.5, 0.6) is 5.88 Å². The van der Waals surface area contributed by atoms with Gasteiger partial charge in [-0.05, 0) is 23.8 Å². The lowest BCUT2D eigenvalue weighted by molar-refractivity contribution is 0.252. The van der Waals surface area contributed by atoms with E-state index in [0.717, 1.165) is 23.5 Å². The van der Waals surface area contributed by atoms with Crippen molar-refractivity contribution in [2.45, 2.75) is 40.1 Å². The minimum atomic E-state index is 0.390. The van der Waals surface area contributed by atoms with E-state index in [2.05, 4.69) is 42.2 Å². The van der Waals surface area contributed by atoms with E-state index < -0.39 is 0 Å². The lowest BCUT2D eigenvalue weighted by atomic mass is 9.85. The Kier molecular flexibility index (Phi) is 5.09. The summed E-state index contributed by atoms with van der Waals surface area (Å²) in [5.74, 6) is 3.61. The third-order valence-corrected chi connectivity index (χ3v) is 4.32. The van der Waals surface area contributed by atoms with Gasteiger partial charge in [0.1, 0.15) is 11.3 Å². The van der Waals surface area contributed by atoms with Gasteiger partial charge in [-0.2, -0.15) is 4.98 Å². The molecule has 0 saturated heterocycles. The van der Waals surface area contributed by atoms with Crippen LogP contribution < -0.4 is 4.74 Å². The second-order valence-electron chi connectivity index (χ2n) is 6.12. The van der Waals surface area contributed by atoms with Gasteiger partial charge in [0.15, 0.2) is 5.65 Å². The summed E-state index contributed by atoms with van der Waals surface area (Å²) >= 11 is 6.08. The molecule has 4 nitrogen and oxygen atoms in total. The molecule has 0 aliphatic heterocycles. The number of halogens is 1. The second kappa shape index (κ2) is 6.65. The zero-order valence-corrected chi connectivity index (χ0v) is 14.2. The van der Waals surface area contributed by atoms with Crippen LogP contribution in [0.25, 0.3) is 11.2 Å². The number of imidazole rings is 1. The van der Waals surface area contributed by atoms with Crippen molar-refractivity contribution in [3.63, 3.8) is 0 Å². The molecule has 0 aliphatic carbocycles. The average Bonchev–Trinajstić information content (AvgIpc) is 2.80. The Morgan fingerprint density at radius 2 is 1.81 bits per heavy atom. The minimum Gasteiger partial charge on any atom is -0.481 e. The molecule has 0 unspecified atom stereocenters. The maximum absolute atomic E-state index is 6.08. The summed E-state index contributed by atoms with van der Waals surface area (Å²) in [6.07, 6.45) is 0. The van der Waals surface area contributed by atoms with E-state index in [0.29, 0.717) is 29.5 Å². The van der Waals surface area contributed by atoms with E-state index in [1.165, 1.54) is 0 Å². The van der Waals surface area contributed by atoms with E-state index >= 15 is 0 Å². The Morgan fingerprint density at radius 1 is 1.14 bits per heavy atom. The molecule has 0 atom stereocenters. The Bertz CT molecular complexity index is 599. The fraction of sp³-hybridized carbons (Fsp3) is 0.625. The highest BCUT2D eigenvalue weighted by molar-refractivity contribution is 6.16. The van der Waals surface area contributed by atoms with Gasteiger partial charge in [0.2, 0.25) is 5.88 Å². The molecule has 5 heteroatoms. The maximum atomic E-state index is 6.08. The minimum absolute atomic E-state index is 0.390. The molecule has 0 aromatic carbocycles. The highest BCUT2D eigenvalue weighted by atomic mass is 35.5. The Balaban J connectivity index is 2.49. The molecule has 2 aromatic rings. The first-order valence-corrected chi connectivity index (χ1v) is 7.97. The van der Waals surface area contributed by atoms with Gasteiger partial charge < -0.3 is 9.30 Å². The standard InChI is InChI=1S/C16H24ClN3O/c1-10(2)12(11(3)4)9-20-14(8-17)18-13-6-7-15(21-5)19-16(13)20/h6-7,10-12H,8-9H2,1-5H3. The fourth-order valence-corrected chi connectivity index (χ4v) is 3.05. The Morgan fingerprint density at radius 3 is 2.33 bits per heavy atom. The number of alkyl halides is 1. The molecule has 0 amide bonds. The topological polar surface area (TPSA) is 39.9 Å². The van der Waals surface area contributed by atoms with Crippen molar-refractivity contribution in [3.8, 4) is 5.88 Å². The van der Waals surface area contributed by atoms with Crippen molar-refractivity contribution >= 4 is 22.8 Å². The molecule has 0 aliphatic rings. The third-order valence-electron chi connectivity index (χ3n) is 4.08. The first-order valence-electron chi connectivity index (χ1n) is 7.44. The summed E-state index contributed by atoms with van der Waals surface area (Å²) in [5, 5.41) is 0. The summed E-state index contributed by atoms with van der Waals surface area (Å²) in [6.45, 7) is 9.93. The van der Waals surface area contributed by atoms with Crippen LogP contribution in [0.2, 0.25) is 0 Å². The van der Waals surface area contributed by atoms with Crippen molar-refractivity contribution in [1.29, 1.82) is 0 Å². The van der Waals surface area contributed by atoms with Gasteiger partial charge in [0, 0.05) is 12.6 Å². The van der Waals surface area contributed by atoms with Gasteiger partial charge in [-0.3, -0.25) is 0 Å². The van der Waals surface area contributed by atoms with E-state index in [9.17, 15) is 0 Å². The zero-order valence-electron chi connectivity index (χ0n) is 13.4. The summed E-state index contributed by atoms with van der Waals surface area (Å²) < 4.78 is 7.38. The van der Waals surface area contributed by atoms with Gasteiger partial charge in [-0.1, -0.05) is 27.7 Å². The number of hydrogen-bond acceptors (Lipinski definition) is 3. The lowest BCUT2D eigenvalue weighted by Gasteiger charge is -2.26. The first kappa shape index (κ1) is 16.1. The highest BCUT2D eigenvalue weighted by Crippen LogP contribution is 2.26. The number of pyridine rings is 1. The number of fused-ring (bicyclic) bond motifs is 1. The molecular formula is C16H24ClN3O. The SMILES string of the molecule is COc1ccc2nc(CCl)n(CC(C(C)C)C(C)C)c2n1. The van der Waals surface area contributed by atoms with Crippen molar-refractivity contribution in [3.05, 3.63) is 18.0 Å². The summed E-state index contributed by atoms with van der Waals surface area (Å²) in [6, 6.07) is 3.77. The van der Waals surface area contributed by atoms with Crippen LogP contribution in [-0.4, -0.2) is 21.6 Å².